The Labute approximate surface area is 134 Å². The van der Waals surface area contributed by atoms with Crippen molar-refractivity contribution in [3.8, 4) is 0 Å². The molecule has 1 aliphatic heterocycles. The predicted octanol–water partition coefficient (Wildman–Crippen LogP) is 0.725. The molecule has 0 aromatic rings. The molecule has 6 atom stereocenters. The first-order chi connectivity index (χ1) is 10.8. The molecule has 0 spiro atoms. The van der Waals surface area contributed by atoms with Crippen molar-refractivity contribution in [2.45, 2.75) is 44.0 Å². The third-order valence-electron chi connectivity index (χ3n) is 5.52. The number of allylic oxidation sites excluding steroid dienone is 1. The average Bonchev–Trinajstić information content (AvgIpc) is 2.85. The normalized spacial score (nSPS) is 42.7. The van der Waals surface area contributed by atoms with Crippen molar-refractivity contribution < 1.29 is 29.3 Å². The van der Waals surface area contributed by atoms with Gasteiger partial charge in [0, 0.05) is 18.8 Å². The molecule has 0 bridgehead atoms. The molecule has 1 heterocycles. The lowest BCUT2D eigenvalue weighted by atomic mass is 9.78. The maximum absolute atomic E-state index is 12.3. The van der Waals surface area contributed by atoms with E-state index in [1.54, 1.807) is 0 Å². The largest absolute Gasteiger partial charge is 0.462 e. The Balaban J connectivity index is 1.93. The Kier molecular flexibility index (Phi) is 3.84. The third kappa shape index (κ3) is 2.40. The van der Waals surface area contributed by atoms with Crippen LogP contribution in [-0.4, -0.2) is 46.6 Å². The molecule has 3 fully saturated rings. The fourth-order valence-corrected chi connectivity index (χ4v) is 4.24. The minimum Gasteiger partial charge on any atom is -0.462 e. The molecule has 3 aliphatic rings. The van der Waals surface area contributed by atoms with Crippen LogP contribution in [0, 0.1) is 17.8 Å². The van der Waals surface area contributed by atoms with Crippen molar-refractivity contribution in [2.75, 3.05) is 6.61 Å². The molecule has 3 rings (SSSR count). The number of aliphatic hydroxyl groups is 2. The first-order valence-corrected chi connectivity index (χ1v) is 7.87. The van der Waals surface area contributed by atoms with Crippen LogP contribution < -0.4 is 0 Å². The van der Waals surface area contributed by atoms with E-state index in [4.69, 9.17) is 9.47 Å². The number of fused-ring (bicyclic) bond motifs is 3. The average molecular weight is 322 g/mol. The molecule has 0 unspecified atom stereocenters. The van der Waals surface area contributed by atoms with E-state index in [-0.39, 0.29) is 11.8 Å². The number of aliphatic hydroxyl groups excluding tert-OH is 1. The van der Waals surface area contributed by atoms with Gasteiger partial charge in [0.1, 0.15) is 12.7 Å². The molecule has 2 aliphatic carbocycles. The summed E-state index contributed by atoms with van der Waals surface area (Å²) in [5, 5.41) is 20.9. The van der Waals surface area contributed by atoms with Gasteiger partial charge >= 0.3 is 11.9 Å². The summed E-state index contributed by atoms with van der Waals surface area (Å²) in [6.07, 6.45) is 0.439. The summed E-state index contributed by atoms with van der Waals surface area (Å²) in [4.78, 5) is 23.3. The predicted molar refractivity (Wildman–Crippen MR) is 80.1 cm³/mol. The molecular weight excluding hydrogens is 300 g/mol. The second-order valence-electron chi connectivity index (χ2n) is 6.84. The van der Waals surface area contributed by atoms with Crippen LogP contribution in [0.15, 0.2) is 24.3 Å². The van der Waals surface area contributed by atoms with Crippen LogP contribution in [0.25, 0.3) is 0 Å². The van der Waals surface area contributed by atoms with Gasteiger partial charge in [0.2, 0.25) is 5.60 Å². The summed E-state index contributed by atoms with van der Waals surface area (Å²) >= 11 is 0. The van der Waals surface area contributed by atoms with Gasteiger partial charge in [0.05, 0.1) is 6.10 Å². The third-order valence-corrected chi connectivity index (χ3v) is 5.52. The molecule has 2 saturated carbocycles. The maximum Gasteiger partial charge on any atom is 0.342 e. The highest BCUT2D eigenvalue weighted by Crippen LogP contribution is 2.53. The minimum atomic E-state index is -1.85. The van der Waals surface area contributed by atoms with E-state index >= 15 is 0 Å². The molecule has 0 aromatic heterocycles. The second-order valence-corrected chi connectivity index (χ2v) is 6.84. The lowest BCUT2D eigenvalue weighted by molar-refractivity contribution is -0.166. The van der Waals surface area contributed by atoms with E-state index in [9.17, 15) is 19.8 Å². The van der Waals surface area contributed by atoms with Gasteiger partial charge in [-0.2, -0.15) is 0 Å². The highest BCUT2D eigenvalue weighted by molar-refractivity contribution is 5.83. The van der Waals surface area contributed by atoms with E-state index in [2.05, 4.69) is 13.2 Å². The highest BCUT2D eigenvalue weighted by Gasteiger charge is 2.62. The molecule has 6 heteroatoms. The molecule has 2 N–H and O–H groups in total. The number of rotatable bonds is 2. The van der Waals surface area contributed by atoms with Crippen molar-refractivity contribution in [3.63, 3.8) is 0 Å². The molecule has 126 valence electrons. The van der Waals surface area contributed by atoms with Gasteiger partial charge in [-0.15, -0.1) is 0 Å². The van der Waals surface area contributed by atoms with Gasteiger partial charge in [-0.3, -0.25) is 4.79 Å². The van der Waals surface area contributed by atoms with Gasteiger partial charge in [0.25, 0.3) is 0 Å². The van der Waals surface area contributed by atoms with Crippen molar-refractivity contribution in [3.05, 3.63) is 24.3 Å². The Bertz CT molecular complexity index is 582. The van der Waals surface area contributed by atoms with Crippen molar-refractivity contribution in [1.29, 1.82) is 0 Å². The molecule has 0 radical (unpaired) electrons. The van der Waals surface area contributed by atoms with Gasteiger partial charge in [-0.05, 0) is 30.8 Å². The van der Waals surface area contributed by atoms with Gasteiger partial charge in [-0.1, -0.05) is 18.7 Å². The zero-order valence-corrected chi connectivity index (χ0v) is 13.2. The first kappa shape index (κ1) is 16.2. The van der Waals surface area contributed by atoms with Gasteiger partial charge in [-0.25, -0.2) is 4.79 Å². The summed E-state index contributed by atoms with van der Waals surface area (Å²) in [7, 11) is 0. The number of hydrogen-bond acceptors (Lipinski definition) is 6. The standard InChI is InChI=1S/C17H22O6/c1-8-4-5-12-15(14-9(2)13(19)6-11(8)14)23-16(20)17(12,21)7-22-10(3)18/h11-15,19,21H,1-2,4-7H2,3H3/t11-,12-,13+,14-,15+,17-/m0/s1. The van der Waals surface area contributed by atoms with E-state index in [0.717, 1.165) is 5.57 Å². The van der Waals surface area contributed by atoms with Gasteiger partial charge in [0.15, 0.2) is 0 Å². The smallest absolute Gasteiger partial charge is 0.342 e. The zero-order chi connectivity index (χ0) is 16.9. The fraction of sp³-hybridized carbons (Fsp3) is 0.647. The molecule has 0 amide bonds. The van der Waals surface area contributed by atoms with E-state index < -0.39 is 42.3 Å². The minimum absolute atomic E-state index is 0.00336. The van der Waals surface area contributed by atoms with E-state index in [1.807, 2.05) is 0 Å². The summed E-state index contributed by atoms with van der Waals surface area (Å²) < 4.78 is 10.4. The van der Waals surface area contributed by atoms with Crippen LogP contribution in [0.2, 0.25) is 0 Å². The molecule has 0 aromatic carbocycles. The number of esters is 2. The summed E-state index contributed by atoms with van der Waals surface area (Å²) in [5.41, 5.74) is -0.246. The molecule has 23 heavy (non-hydrogen) atoms. The number of carbonyl (C=O) groups is 2. The highest BCUT2D eigenvalue weighted by atomic mass is 16.6. The zero-order valence-electron chi connectivity index (χ0n) is 13.2. The van der Waals surface area contributed by atoms with Crippen LogP contribution >= 0.6 is 0 Å². The maximum atomic E-state index is 12.3. The Morgan fingerprint density at radius 1 is 1.48 bits per heavy atom. The first-order valence-electron chi connectivity index (χ1n) is 7.87. The lowest BCUT2D eigenvalue weighted by Crippen LogP contribution is -2.47. The number of ether oxygens (including phenoxy) is 2. The molecule has 6 nitrogen and oxygen atoms in total. The van der Waals surface area contributed by atoms with Crippen LogP contribution in [-0.2, 0) is 19.1 Å². The molecular formula is C17H22O6. The Hall–Kier alpha value is -1.66. The van der Waals surface area contributed by atoms with Crippen molar-refractivity contribution in [1.82, 2.24) is 0 Å². The number of hydrogen-bond donors (Lipinski definition) is 2. The topological polar surface area (TPSA) is 93.1 Å². The Morgan fingerprint density at radius 3 is 2.83 bits per heavy atom. The van der Waals surface area contributed by atoms with Crippen LogP contribution in [0.3, 0.4) is 0 Å². The van der Waals surface area contributed by atoms with Gasteiger partial charge < -0.3 is 19.7 Å². The Morgan fingerprint density at radius 2 is 2.17 bits per heavy atom. The summed E-state index contributed by atoms with van der Waals surface area (Å²) in [5.74, 6) is -2.10. The van der Waals surface area contributed by atoms with Crippen LogP contribution in [0.5, 0.6) is 0 Å². The van der Waals surface area contributed by atoms with E-state index in [1.165, 1.54) is 6.92 Å². The summed E-state index contributed by atoms with van der Waals surface area (Å²) in [6.45, 7) is 8.86. The van der Waals surface area contributed by atoms with Crippen molar-refractivity contribution in [2.24, 2.45) is 17.8 Å². The van der Waals surface area contributed by atoms with Crippen molar-refractivity contribution >= 4 is 11.9 Å². The molecule has 1 saturated heterocycles. The lowest BCUT2D eigenvalue weighted by Gasteiger charge is -2.29. The SMILES string of the molecule is C=C1[C@@H]2[C@@H]3OC(=O)[C@](O)(COC(C)=O)[C@H]3CCC(=C)[C@@H]2C[C@H]1O. The van der Waals surface area contributed by atoms with E-state index in [0.29, 0.717) is 24.8 Å². The monoisotopic (exact) mass is 322 g/mol. The number of carbonyl (C=O) groups excluding carboxylic acids is 2. The second kappa shape index (κ2) is 5.46. The quantitative estimate of drug-likeness (QED) is 0.575. The van der Waals surface area contributed by atoms with Crippen LogP contribution in [0.1, 0.15) is 26.2 Å². The summed E-state index contributed by atoms with van der Waals surface area (Å²) in [6, 6.07) is 0. The fourth-order valence-electron chi connectivity index (χ4n) is 4.24. The van der Waals surface area contributed by atoms with Crippen LogP contribution in [0.4, 0.5) is 0 Å².